The second-order valence-corrected chi connectivity index (χ2v) is 6.08. The van der Waals surface area contributed by atoms with Gasteiger partial charge in [-0.2, -0.15) is 0 Å². The zero-order valence-corrected chi connectivity index (χ0v) is 12.9. The molecule has 1 aliphatic rings. The van der Waals surface area contributed by atoms with E-state index < -0.39 is 6.03 Å². The van der Waals surface area contributed by atoms with E-state index in [0.29, 0.717) is 19.7 Å². The van der Waals surface area contributed by atoms with Crippen LogP contribution < -0.4 is 10.6 Å². The maximum atomic E-state index is 11.8. The van der Waals surface area contributed by atoms with Gasteiger partial charge in [-0.25, -0.2) is 4.79 Å². The first-order valence-corrected chi connectivity index (χ1v) is 7.95. The van der Waals surface area contributed by atoms with Crippen LogP contribution in [-0.4, -0.2) is 55.7 Å². The fourth-order valence-electron chi connectivity index (χ4n) is 2.20. The summed E-state index contributed by atoms with van der Waals surface area (Å²) in [5.74, 6) is -0.280. The lowest BCUT2D eigenvalue weighted by atomic mass is 10.3. The predicted molar refractivity (Wildman–Crippen MR) is 81.4 cm³/mol. The first-order chi connectivity index (χ1) is 10.1. The molecule has 0 aliphatic carbocycles. The van der Waals surface area contributed by atoms with E-state index in [9.17, 15) is 9.59 Å². The van der Waals surface area contributed by atoms with Gasteiger partial charge in [-0.1, -0.05) is 6.07 Å². The molecule has 0 saturated carbocycles. The Hall–Kier alpha value is -1.44. The number of imide groups is 1. The Morgan fingerprint density at radius 1 is 1.52 bits per heavy atom. The summed E-state index contributed by atoms with van der Waals surface area (Å²) in [6, 6.07) is 3.57. The largest absolute Gasteiger partial charge is 0.376 e. The van der Waals surface area contributed by atoms with Crippen molar-refractivity contribution in [3.8, 4) is 0 Å². The summed E-state index contributed by atoms with van der Waals surface area (Å²) in [7, 11) is 0. The van der Waals surface area contributed by atoms with Gasteiger partial charge in [0.25, 0.3) is 0 Å². The number of urea groups is 1. The summed E-state index contributed by atoms with van der Waals surface area (Å²) in [6.07, 6.45) is 0.909. The summed E-state index contributed by atoms with van der Waals surface area (Å²) in [5.41, 5.74) is 0. The minimum atomic E-state index is -0.433. The normalized spacial score (nSPS) is 19.2. The van der Waals surface area contributed by atoms with Crippen molar-refractivity contribution in [2.45, 2.75) is 19.4 Å². The number of carbonyl (C=O) groups excluding carboxylic acids is 2. The van der Waals surface area contributed by atoms with Crippen LogP contribution in [0.25, 0.3) is 0 Å². The highest BCUT2D eigenvalue weighted by Crippen LogP contribution is 2.08. The summed E-state index contributed by atoms with van der Waals surface area (Å²) < 4.78 is 5.41. The lowest BCUT2D eigenvalue weighted by molar-refractivity contribution is -0.122. The van der Waals surface area contributed by atoms with Gasteiger partial charge in [0.2, 0.25) is 5.91 Å². The van der Waals surface area contributed by atoms with Crippen LogP contribution >= 0.6 is 11.3 Å². The van der Waals surface area contributed by atoms with Crippen molar-refractivity contribution in [3.63, 3.8) is 0 Å². The molecule has 1 aromatic rings. The fourth-order valence-corrected chi connectivity index (χ4v) is 2.91. The molecule has 1 aromatic heterocycles. The number of hydrogen-bond acceptors (Lipinski definition) is 5. The number of hydrogen-bond donors (Lipinski definition) is 2. The summed E-state index contributed by atoms with van der Waals surface area (Å²) >= 11 is 1.65. The quantitative estimate of drug-likeness (QED) is 0.845. The molecule has 2 N–H and O–H groups in total. The highest BCUT2D eigenvalue weighted by atomic mass is 32.1. The van der Waals surface area contributed by atoms with Gasteiger partial charge in [0.05, 0.1) is 19.3 Å². The average Bonchev–Trinajstić information content (AvgIpc) is 2.91. The third-order valence-corrected chi connectivity index (χ3v) is 4.12. The molecule has 2 heterocycles. The van der Waals surface area contributed by atoms with Crippen LogP contribution in [0.1, 0.15) is 11.8 Å². The van der Waals surface area contributed by atoms with E-state index in [1.54, 1.807) is 11.3 Å². The Labute approximate surface area is 128 Å². The highest BCUT2D eigenvalue weighted by Gasteiger charge is 2.19. The van der Waals surface area contributed by atoms with Crippen LogP contribution in [0.3, 0.4) is 0 Å². The first kappa shape index (κ1) is 15.9. The molecule has 1 unspecified atom stereocenters. The van der Waals surface area contributed by atoms with Gasteiger partial charge in [-0.3, -0.25) is 15.0 Å². The molecule has 0 aromatic carbocycles. The number of nitrogens with one attached hydrogen (secondary N) is 2. The zero-order chi connectivity index (χ0) is 15.1. The number of rotatable bonds is 5. The van der Waals surface area contributed by atoms with Crippen molar-refractivity contribution in [2.24, 2.45) is 0 Å². The molecule has 7 heteroatoms. The molecule has 0 spiro atoms. The number of carbonyl (C=O) groups is 2. The number of amides is 3. The van der Waals surface area contributed by atoms with E-state index in [1.807, 2.05) is 29.3 Å². The van der Waals surface area contributed by atoms with Crippen molar-refractivity contribution in [2.75, 3.05) is 32.8 Å². The second-order valence-electron chi connectivity index (χ2n) is 5.05. The number of thiophene rings is 1. The van der Waals surface area contributed by atoms with Crippen molar-refractivity contribution in [3.05, 3.63) is 22.4 Å². The zero-order valence-electron chi connectivity index (χ0n) is 12.1. The average molecular weight is 311 g/mol. The van der Waals surface area contributed by atoms with E-state index >= 15 is 0 Å². The molecule has 21 heavy (non-hydrogen) atoms. The van der Waals surface area contributed by atoms with Crippen molar-refractivity contribution < 1.29 is 14.3 Å². The molecule has 6 nitrogen and oxygen atoms in total. The Morgan fingerprint density at radius 2 is 2.38 bits per heavy atom. The van der Waals surface area contributed by atoms with Crippen LogP contribution in [0.4, 0.5) is 4.79 Å². The molecule has 2 rings (SSSR count). The SMILES string of the molecule is CC1CN(CC(=O)NC(=O)NCCc2cccs2)CCO1. The molecule has 1 saturated heterocycles. The number of morpholine rings is 1. The van der Waals surface area contributed by atoms with E-state index in [-0.39, 0.29) is 18.6 Å². The minimum Gasteiger partial charge on any atom is -0.376 e. The van der Waals surface area contributed by atoms with Gasteiger partial charge in [-0.05, 0) is 24.8 Å². The van der Waals surface area contributed by atoms with Gasteiger partial charge in [0, 0.05) is 24.5 Å². The fraction of sp³-hybridized carbons (Fsp3) is 0.571. The topological polar surface area (TPSA) is 70.7 Å². The lowest BCUT2D eigenvalue weighted by Gasteiger charge is -2.30. The van der Waals surface area contributed by atoms with Crippen molar-refractivity contribution in [1.29, 1.82) is 0 Å². The maximum Gasteiger partial charge on any atom is 0.321 e. The number of ether oxygens (including phenoxy) is 1. The van der Waals surface area contributed by atoms with Crippen LogP contribution in [0, 0.1) is 0 Å². The third kappa shape index (κ3) is 5.82. The standard InChI is InChI=1S/C14H21N3O3S/c1-11-9-17(6-7-20-11)10-13(18)16-14(19)15-5-4-12-3-2-8-21-12/h2-3,8,11H,4-7,9-10H2,1H3,(H2,15,16,18,19). The van der Waals surface area contributed by atoms with Gasteiger partial charge < -0.3 is 10.1 Å². The van der Waals surface area contributed by atoms with Gasteiger partial charge in [0.1, 0.15) is 0 Å². The first-order valence-electron chi connectivity index (χ1n) is 7.07. The Kier molecular flexibility index (Phi) is 6.16. The van der Waals surface area contributed by atoms with E-state index in [2.05, 4.69) is 10.6 Å². The minimum absolute atomic E-state index is 0.131. The summed E-state index contributed by atoms with van der Waals surface area (Å²) in [6.45, 7) is 4.79. The molecule has 0 radical (unpaired) electrons. The van der Waals surface area contributed by atoms with Crippen LogP contribution in [-0.2, 0) is 16.0 Å². The van der Waals surface area contributed by atoms with Gasteiger partial charge >= 0.3 is 6.03 Å². The van der Waals surface area contributed by atoms with Crippen molar-refractivity contribution in [1.82, 2.24) is 15.5 Å². The van der Waals surface area contributed by atoms with E-state index in [1.165, 1.54) is 4.88 Å². The van der Waals surface area contributed by atoms with Crippen LogP contribution in [0.15, 0.2) is 17.5 Å². The second kappa shape index (κ2) is 8.11. The molecule has 3 amide bonds. The highest BCUT2D eigenvalue weighted by molar-refractivity contribution is 7.09. The summed E-state index contributed by atoms with van der Waals surface area (Å²) in [4.78, 5) is 26.6. The molecular weight excluding hydrogens is 290 g/mol. The predicted octanol–water partition coefficient (Wildman–Crippen LogP) is 0.837. The molecule has 116 valence electrons. The van der Waals surface area contributed by atoms with Crippen molar-refractivity contribution >= 4 is 23.3 Å². The maximum absolute atomic E-state index is 11.8. The van der Waals surface area contributed by atoms with E-state index in [4.69, 9.17) is 4.74 Å². The Morgan fingerprint density at radius 3 is 3.10 bits per heavy atom. The molecule has 1 fully saturated rings. The lowest BCUT2D eigenvalue weighted by Crippen LogP contribution is -2.49. The third-order valence-electron chi connectivity index (χ3n) is 3.18. The van der Waals surface area contributed by atoms with Crippen LogP contribution in [0.5, 0.6) is 0 Å². The monoisotopic (exact) mass is 311 g/mol. The van der Waals surface area contributed by atoms with E-state index in [0.717, 1.165) is 13.0 Å². The summed E-state index contributed by atoms with van der Waals surface area (Å²) in [5, 5.41) is 7.05. The van der Waals surface area contributed by atoms with Gasteiger partial charge in [-0.15, -0.1) is 11.3 Å². The molecule has 1 atom stereocenters. The van der Waals surface area contributed by atoms with Crippen LogP contribution in [0.2, 0.25) is 0 Å². The molecular formula is C14H21N3O3S. The Bertz CT molecular complexity index is 464. The molecule has 0 bridgehead atoms. The number of nitrogens with zero attached hydrogens (tertiary/aromatic N) is 1. The smallest absolute Gasteiger partial charge is 0.321 e. The van der Waals surface area contributed by atoms with Gasteiger partial charge in [0.15, 0.2) is 0 Å². The Balaban J connectivity index is 1.61. The molecule has 1 aliphatic heterocycles.